The van der Waals surface area contributed by atoms with Crippen LogP contribution in [0.4, 0.5) is 0 Å². The molecule has 0 fully saturated rings. The summed E-state index contributed by atoms with van der Waals surface area (Å²) in [6.45, 7) is 7.31. The molecule has 3 aromatic rings. The van der Waals surface area contributed by atoms with Gasteiger partial charge in [0, 0.05) is 48.1 Å². The second-order valence-corrected chi connectivity index (χ2v) is 6.92. The van der Waals surface area contributed by atoms with Crippen molar-refractivity contribution in [1.29, 1.82) is 0 Å². The van der Waals surface area contributed by atoms with Crippen molar-refractivity contribution in [3.63, 3.8) is 0 Å². The Balaban J connectivity index is 1.88. The standard InChI is InChI=1S/C21H29N3O2/c1-5-25-12-8-17-21-16-13-15(2)20(26-11-6-10-24(3)4)14-19(16)23-18(21)7-9-22-17/h7,9,13-14,23H,5-6,8,10-12H2,1-4H3. The van der Waals surface area contributed by atoms with E-state index in [1.54, 1.807) is 0 Å². The highest BCUT2D eigenvalue weighted by Gasteiger charge is 2.12. The average Bonchev–Trinajstić information content (AvgIpc) is 2.97. The molecular formula is C21H29N3O2. The van der Waals surface area contributed by atoms with Gasteiger partial charge in [-0.1, -0.05) is 0 Å². The van der Waals surface area contributed by atoms with E-state index in [9.17, 15) is 0 Å². The maximum Gasteiger partial charge on any atom is 0.124 e. The minimum Gasteiger partial charge on any atom is -0.493 e. The molecule has 2 heterocycles. The highest BCUT2D eigenvalue weighted by molar-refractivity contribution is 6.09. The number of aromatic nitrogens is 2. The fourth-order valence-corrected chi connectivity index (χ4v) is 3.27. The Morgan fingerprint density at radius 1 is 1.15 bits per heavy atom. The van der Waals surface area contributed by atoms with Crippen molar-refractivity contribution in [3.05, 3.63) is 35.7 Å². The molecule has 0 spiro atoms. The number of benzene rings is 1. The van der Waals surface area contributed by atoms with E-state index in [2.05, 4.69) is 48.0 Å². The van der Waals surface area contributed by atoms with Crippen LogP contribution < -0.4 is 4.74 Å². The molecule has 5 heteroatoms. The number of nitrogens with one attached hydrogen (secondary N) is 1. The van der Waals surface area contributed by atoms with Gasteiger partial charge in [-0.15, -0.1) is 0 Å². The number of rotatable bonds is 9. The van der Waals surface area contributed by atoms with Gasteiger partial charge >= 0.3 is 0 Å². The van der Waals surface area contributed by atoms with E-state index in [4.69, 9.17) is 9.47 Å². The summed E-state index contributed by atoms with van der Waals surface area (Å²) in [6.07, 6.45) is 3.70. The second-order valence-electron chi connectivity index (χ2n) is 6.92. The van der Waals surface area contributed by atoms with E-state index in [0.717, 1.165) is 60.6 Å². The zero-order valence-corrected chi connectivity index (χ0v) is 16.3. The summed E-state index contributed by atoms with van der Waals surface area (Å²) in [5.41, 5.74) is 4.45. The SMILES string of the molecule is CCOCCc1nccc2[nH]c3cc(OCCCN(C)C)c(C)cc3c12. The monoisotopic (exact) mass is 355 g/mol. The minimum absolute atomic E-state index is 0.696. The lowest BCUT2D eigenvalue weighted by Crippen LogP contribution is -2.15. The molecule has 5 nitrogen and oxygen atoms in total. The van der Waals surface area contributed by atoms with Crippen LogP contribution in [0.5, 0.6) is 5.75 Å². The number of H-pyrrole nitrogens is 1. The summed E-state index contributed by atoms with van der Waals surface area (Å²) in [6, 6.07) is 6.36. The molecule has 0 radical (unpaired) electrons. The quantitative estimate of drug-likeness (QED) is 0.591. The van der Waals surface area contributed by atoms with E-state index >= 15 is 0 Å². The van der Waals surface area contributed by atoms with Crippen LogP contribution in [-0.4, -0.2) is 55.3 Å². The molecule has 0 unspecified atom stereocenters. The summed E-state index contributed by atoms with van der Waals surface area (Å²) in [5.74, 6) is 0.951. The molecule has 0 amide bonds. The van der Waals surface area contributed by atoms with E-state index < -0.39 is 0 Å². The molecule has 0 bridgehead atoms. The third kappa shape index (κ3) is 4.17. The predicted octanol–water partition coefficient (Wildman–Crippen LogP) is 3.93. The van der Waals surface area contributed by atoms with Crippen molar-refractivity contribution < 1.29 is 9.47 Å². The van der Waals surface area contributed by atoms with Gasteiger partial charge in [-0.05, 0) is 52.1 Å². The van der Waals surface area contributed by atoms with Crippen molar-refractivity contribution in [3.8, 4) is 5.75 Å². The van der Waals surface area contributed by atoms with Crippen molar-refractivity contribution in [1.82, 2.24) is 14.9 Å². The third-order valence-electron chi connectivity index (χ3n) is 4.58. The lowest BCUT2D eigenvalue weighted by atomic mass is 10.1. The average molecular weight is 355 g/mol. The molecule has 0 aliphatic carbocycles. The first-order chi connectivity index (χ1) is 12.6. The van der Waals surface area contributed by atoms with Crippen LogP contribution in [0.15, 0.2) is 24.4 Å². The number of fused-ring (bicyclic) bond motifs is 3. The van der Waals surface area contributed by atoms with Gasteiger partial charge in [-0.25, -0.2) is 0 Å². The summed E-state index contributed by atoms with van der Waals surface area (Å²) in [7, 11) is 4.16. The Bertz CT molecular complexity index is 870. The minimum atomic E-state index is 0.696. The third-order valence-corrected chi connectivity index (χ3v) is 4.58. The highest BCUT2D eigenvalue weighted by Crippen LogP contribution is 2.32. The smallest absolute Gasteiger partial charge is 0.124 e. The van der Waals surface area contributed by atoms with E-state index in [0.29, 0.717) is 6.61 Å². The number of ether oxygens (including phenoxy) is 2. The molecule has 140 valence electrons. The topological polar surface area (TPSA) is 50.4 Å². The van der Waals surface area contributed by atoms with Gasteiger partial charge in [0.2, 0.25) is 0 Å². The number of aromatic amines is 1. The summed E-state index contributed by atoms with van der Waals surface area (Å²) < 4.78 is 11.5. The lowest BCUT2D eigenvalue weighted by molar-refractivity contribution is 0.150. The van der Waals surface area contributed by atoms with Crippen molar-refractivity contribution in [2.24, 2.45) is 0 Å². The van der Waals surface area contributed by atoms with Crippen LogP contribution in [0, 0.1) is 6.92 Å². The van der Waals surface area contributed by atoms with Gasteiger partial charge < -0.3 is 19.4 Å². The Morgan fingerprint density at radius 2 is 2.00 bits per heavy atom. The molecule has 3 rings (SSSR count). The first-order valence-electron chi connectivity index (χ1n) is 9.35. The van der Waals surface area contributed by atoms with Crippen LogP contribution in [0.3, 0.4) is 0 Å². The summed E-state index contributed by atoms with van der Waals surface area (Å²) in [4.78, 5) is 10.3. The van der Waals surface area contributed by atoms with Gasteiger partial charge in [0.05, 0.1) is 24.4 Å². The van der Waals surface area contributed by atoms with Gasteiger partial charge in [0.25, 0.3) is 0 Å². The van der Waals surface area contributed by atoms with Crippen LogP contribution >= 0.6 is 0 Å². The largest absolute Gasteiger partial charge is 0.493 e. The molecule has 0 atom stereocenters. The van der Waals surface area contributed by atoms with Gasteiger partial charge in [0.1, 0.15) is 5.75 Å². The lowest BCUT2D eigenvalue weighted by Gasteiger charge is -2.12. The molecular weight excluding hydrogens is 326 g/mol. The molecule has 1 aromatic carbocycles. The first-order valence-corrected chi connectivity index (χ1v) is 9.35. The van der Waals surface area contributed by atoms with Crippen LogP contribution in [0.2, 0.25) is 0 Å². The molecule has 1 N–H and O–H groups in total. The first kappa shape index (κ1) is 18.7. The van der Waals surface area contributed by atoms with Crippen LogP contribution in [0.25, 0.3) is 21.8 Å². The van der Waals surface area contributed by atoms with E-state index in [1.807, 2.05) is 19.2 Å². The maximum absolute atomic E-state index is 6.02. The molecule has 0 saturated carbocycles. The Kier molecular flexibility index (Phi) is 6.12. The van der Waals surface area contributed by atoms with Gasteiger partial charge in [-0.2, -0.15) is 0 Å². The fraction of sp³-hybridized carbons (Fsp3) is 0.476. The van der Waals surface area contributed by atoms with Crippen molar-refractivity contribution in [2.45, 2.75) is 26.7 Å². The maximum atomic E-state index is 6.02. The Labute approximate surface area is 155 Å². The number of hydrogen-bond donors (Lipinski definition) is 1. The number of hydrogen-bond acceptors (Lipinski definition) is 4. The molecule has 0 saturated heterocycles. The van der Waals surface area contributed by atoms with E-state index in [-0.39, 0.29) is 0 Å². The Hall–Kier alpha value is -2.11. The zero-order valence-electron chi connectivity index (χ0n) is 16.3. The molecule has 26 heavy (non-hydrogen) atoms. The number of aryl methyl sites for hydroxylation is 1. The molecule has 0 aliphatic rings. The van der Waals surface area contributed by atoms with Crippen LogP contribution in [-0.2, 0) is 11.2 Å². The summed E-state index contributed by atoms with van der Waals surface area (Å²) >= 11 is 0. The van der Waals surface area contributed by atoms with Gasteiger partial charge in [-0.3, -0.25) is 4.98 Å². The van der Waals surface area contributed by atoms with E-state index in [1.165, 1.54) is 10.8 Å². The predicted molar refractivity (Wildman–Crippen MR) is 107 cm³/mol. The fourth-order valence-electron chi connectivity index (χ4n) is 3.27. The highest BCUT2D eigenvalue weighted by atomic mass is 16.5. The van der Waals surface area contributed by atoms with Crippen molar-refractivity contribution in [2.75, 3.05) is 40.5 Å². The number of pyridine rings is 1. The zero-order chi connectivity index (χ0) is 18.5. The molecule has 0 aliphatic heterocycles. The Morgan fingerprint density at radius 3 is 2.77 bits per heavy atom. The normalized spacial score (nSPS) is 11.7. The second kappa shape index (κ2) is 8.52. The van der Waals surface area contributed by atoms with Crippen LogP contribution in [0.1, 0.15) is 24.6 Å². The van der Waals surface area contributed by atoms with Crippen molar-refractivity contribution >= 4 is 21.8 Å². The molecule has 2 aromatic heterocycles. The summed E-state index contributed by atoms with van der Waals surface area (Å²) in [5, 5.41) is 2.40. The van der Waals surface area contributed by atoms with Gasteiger partial charge in [0.15, 0.2) is 0 Å². The number of nitrogens with zero attached hydrogens (tertiary/aromatic N) is 2.